The molecule has 6 heteroatoms. The molecule has 0 aromatic rings. The van der Waals surface area contributed by atoms with Gasteiger partial charge in [0.05, 0.1) is 0 Å². The first-order chi connectivity index (χ1) is 8.52. The van der Waals surface area contributed by atoms with Crippen molar-refractivity contribution in [1.29, 1.82) is 0 Å². The lowest BCUT2D eigenvalue weighted by Crippen LogP contribution is -2.46. The van der Waals surface area contributed by atoms with Crippen LogP contribution < -0.4 is 5.32 Å². The fourth-order valence-electron chi connectivity index (χ4n) is 2.33. The molecule has 0 saturated carbocycles. The number of piperidine rings is 1. The molecule has 1 rings (SSSR count). The zero-order chi connectivity index (χ0) is 13.6. The summed E-state index contributed by atoms with van der Waals surface area (Å²) in [7, 11) is 0.405. The van der Waals surface area contributed by atoms with E-state index in [0.29, 0.717) is 25.6 Å². The average molecular weight is 277 g/mol. The molecular weight excluding hydrogens is 250 g/mol. The monoisotopic (exact) mass is 277 g/mol. The Balaban J connectivity index is 2.49. The summed E-state index contributed by atoms with van der Waals surface area (Å²) >= 11 is 0. The van der Waals surface area contributed by atoms with E-state index in [4.69, 9.17) is 0 Å². The van der Waals surface area contributed by atoms with Crippen LogP contribution in [0.5, 0.6) is 0 Å². The van der Waals surface area contributed by atoms with E-state index in [9.17, 15) is 8.42 Å². The summed E-state index contributed by atoms with van der Waals surface area (Å²) in [5, 5.41) is 3.16. The van der Waals surface area contributed by atoms with Crippen LogP contribution in [-0.4, -0.2) is 57.3 Å². The molecule has 1 fully saturated rings. The van der Waals surface area contributed by atoms with Crippen molar-refractivity contribution in [2.45, 2.75) is 32.6 Å². The molecule has 1 aliphatic rings. The van der Waals surface area contributed by atoms with Crippen LogP contribution in [-0.2, 0) is 10.2 Å². The molecule has 0 radical (unpaired) electrons. The fraction of sp³-hybridized carbons (Fsp3) is 1.00. The minimum absolute atomic E-state index is 0.613. The lowest BCUT2D eigenvalue weighted by Gasteiger charge is -2.33. The molecule has 0 bridgehead atoms. The van der Waals surface area contributed by atoms with Crippen molar-refractivity contribution in [1.82, 2.24) is 13.9 Å². The predicted octanol–water partition coefficient (Wildman–Crippen LogP) is 0.895. The van der Waals surface area contributed by atoms with Gasteiger partial charge in [0.2, 0.25) is 0 Å². The van der Waals surface area contributed by atoms with E-state index >= 15 is 0 Å². The number of hydrogen-bond donors (Lipinski definition) is 1. The largest absolute Gasteiger partial charge is 0.319 e. The molecular formula is C12H27N3O2S. The predicted molar refractivity (Wildman–Crippen MR) is 74.7 cm³/mol. The SMILES string of the molecule is CCCCN(C)S(=O)(=O)N1CCC(CNC)CC1. The topological polar surface area (TPSA) is 52.7 Å². The first-order valence-corrected chi connectivity index (χ1v) is 8.28. The molecule has 5 nitrogen and oxygen atoms in total. The number of hydrogen-bond acceptors (Lipinski definition) is 3. The van der Waals surface area contributed by atoms with E-state index in [-0.39, 0.29) is 0 Å². The standard InChI is InChI=1S/C12H27N3O2S/c1-4-5-8-14(3)18(16,17)15-9-6-12(7-10-15)11-13-2/h12-13H,4-11H2,1-3H3. The minimum atomic E-state index is -3.23. The second kappa shape index (κ2) is 7.43. The van der Waals surface area contributed by atoms with Crippen LogP contribution in [0.4, 0.5) is 0 Å². The number of rotatable bonds is 7. The van der Waals surface area contributed by atoms with Crippen molar-refractivity contribution < 1.29 is 8.42 Å². The highest BCUT2D eigenvalue weighted by atomic mass is 32.2. The van der Waals surface area contributed by atoms with Crippen LogP contribution in [0.1, 0.15) is 32.6 Å². The number of nitrogens with one attached hydrogen (secondary N) is 1. The molecule has 0 aliphatic carbocycles. The molecule has 0 amide bonds. The van der Waals surface area contributed by atoms with E-state index in [2.05, 4.69) is 12.2 Å². The molecule has 0 aromatic carbocycles. The first kappa shape index (κ1) is 15.9. The van der Waals surface area contributed by atoms with Gasteiger partial charge in [-0.2, -0.15) is 17.0 Å². The average Bonchev–Trinajstić information content (AvgIpc) is 2.37. The van der Waals surface area contributed by atoms with E-state index in [1.54, 1.807) is 11.4 Å². The Morgan fingerprint density at radius 3 is 2.44 bits per heavy atom. The molecule has 18 heavy (non-hydrogen) atoms. The van der Waals surface area contributed by atoms with Gasteiger partial charge >= 0.3 is 0 Å². The summed E-state index contributed by atoms with van der Waals surface area (Å²) in [6.07, 6.45) is 3.86. The molecule has 1 saturated heterocycles. The Labute approximate surface area is 112 Å². The third-order valence-corrected chi connectivity index (χ3v) is 5.60. The molecule has 1 aliphatic heterocycles. The quantitative estimate of drug-likeness (QED) is 0.752. The summed E-state index contributed by atoms with van der Waals surface area (Å²) in [4.78, 5) is 0. The highest BCUT2D eigenvalue weighted by molar-refractivity contribution is 7.86. The lowest BCUT2D eigenvalue weighted by molar-refractivity contribution is 0.256. The van der Waals surface area contributed by atoms with Crippen molar-refractivity contribution in [2.24, 2.45) is 5.92 Å². The molecule has 0 spiro atoms. The van der Waals surface area contributed by atoms with Gasteiger partial charge in [0.15, 0.2) is 0 Å². The highest BCUT2D eigenvalue weighted by Crippen LogP contribution is 2.20. The van der Waals surface area contributed by atoms with Crippen molar-refractivity contribution >= 4 is 10.2 Å². The van der Waals surface area contributed by atoms with Crippen LogP contribution in [0.15, 0.2) is 0 Å². The van der Waals surface area contributed by atoms with Gasteiger partial charge in [-0.05, 0) is 38.8 Å². The van der Waals surface area contributed by atoms with Crippen LogP contribution in [0.3, 0.4) is 0 Å². The van der Waals surface area contributed by atoms with Gasteiger partial charge in [-0.3, -0.25) is 0 Å². The van der Waals surface area contributed by atoms with Gasteiger partial charge in [-0.1, -0.05) is 13.3 Å². The minimum Gasteiger partial charge on any atom is -0.319 e. The van der Waals surface area contributed by atoms with E-state index in [1.807, 2.05) is 7.05 Å². The highest BCUT2D eigenvalue weighted by Gasteiger charge is 2.30. The van der Waals surface area contributed by atoms with E-state index in [0.717, 1.165) is 32.2 Å². The fourth-order valence-corrected chi connectivity index (χ4v) is 3.75. The van der Waals surface area contributed by atoms with Crippen LogP contribution >= 0.6 is 0 Å². The van der Waals surface area contributed by atoms with Gasteiger partial charge in [-0.15, -0.1) is 0 Å². The van der Waals surface area contributed by atoms with E-state index < -0.39 is 10.2 Å². The molecule has 1 heterocycles. The smallest absolute Gasteiger partial charge is 0.281 e. The van der Waals surface area contributed by atoms with Crippen molar-refractivity contribution in [2.75, 3.05) is 40.3 Å². The third-order valence-electron chi connectivity index (χ3n) is 3.61. The lowest BCUT2D eigenvalue weighted by atomic mass is 9.98. The van der Waals surface area contributed by atoms with Gasteiger partial charge in [-0.25, -0.2) is 0 Å². The van der Waals surface area contributed by atoms with Crippen LogP contribution in [0.25, 0.3) is 0 Å². The second-order valence-electron chi connectivity index (χ2n) is 5.08. The van der Waals surface area contributed by atoms with Gasteiger partial charge in [0.25, 0.3) is 10.2 Å². The zero-order valence-electron chi connectivity index (χ0n) is 11.9. The molecule has 0 aromatic heterocycles. The normalized spacial score (nSPS) is 19.6. The second-order valence-corrected chi connectivity index (χ2v) is 7.12. The van der Waals surface area contributed by atoms with E-state index in [1.165, 1.54) is 4.31 Å². The summed E-state index contributed by atoms with van der Waals surface area (Å²) < 4.78 is 27.7. The maximum Gasteiger partial charge on any atom is 0.281 e. The van der Waals surface area contributed by atoms with Gasteiger partial charge in [0, 0.05) is 26.7 Å². The Morgan fingerprint density at radius 1 is 1.33 bits per heavy atom. The Bertz CT molecular complexity index is 324. The zero-order valence-corrected chi connectivity index (χ0v) is 12.7. The summed E-state index contributed by atoms with van der Waals surface area (Å²) in [6.45, 7) is 4.99. The Morgan fingerprint density at radius 2 is 1.94 bits per heavy atom. The Kier molecular flexibility index (Phi) is 6.55. The maximum atomic E-state index is 12.3. The third kappa shape index (κ3) is 4.19. The Hall–Kier alpha value is -0.170. The molecule has 0 unspecified atom stereocenters. The van der Waals surface area contributed by atoms with Crippen LogP contribution in [0, 0.1) is 5.92 Å². The summed E-state index contributed by atoms with van der Waals surface area (Å²) in [5.41, 5.74) is 0. The number of unbranched alkanes of at least 4 members (excludes halogenated alkanes) is 1. The van der Waals surface area contributed by atoms with Crippen molar-refractivity contribution in [3.8, 4) is 0 Å². The van der Waals surface area contributed by atoms with Gasteiger partial charge in [0.1, 0.15) is 0 Å². The molecule has 0 atom stereocenters. The summed E-state index contributed by atoms with van der Waals surface area (Å²) in [6, 6.07) is 0. The van der Waals surface area contributed by atoms with Gasteiger partial charge < -0.3 is 5.32 Å². The molecule has 108 valence electrons. The summed E-state index contributed by atoms with van der Waals surface area (Å²) in [5.74, 6) is 0.613. The van der Waals surface area contributed by atoms with Crippen LogP contribution in [0.2, 0.25) is 0 Å². The number of nitrogens with zero attached hydrogens (tertiary/aromatic N) is 2. The maximum absolute atomic E-state index is 12.3. The first-order valence-electron chi connectivity index (χ1n) is 6.88. The van der Waals surface area contributed by atoms with Crippen molar-refractivity contribution in [3.05, 3.63) is 0 Å². The molecule has 1 N–H and O–H groups in total. The van der Waals surface area contributed by atoms with Crippen molar-refractivity contribution in [3.63, 3.8) is 0 Å².